The van der Waals surface area contributed by atoms with Crippen LogP contribution in [0.25, 0.3) is 0 Å². The largest absolute Gasteiger partial charge is 0.378 e. The van der Waals surface area contributed by atoms with Crippen molar-refractivity contribution in [3.8, 4) is 0 Å². The number of carbonyl (C=O) groups is 2. The fourth-order valence-electron chi connectivity index (χ4n) is 3.76. The number of Topliss-reactive ketones (excluding diaryl/α,β-unsaturated/α-hetero) is 1. The molecule has 2 N–H and O–H groups in total. The standard InChI is InChI=1S/C22H26FN5O3/c23-17-2-1-3-19(10-17)28(13-18-5-4-16(12-25-18)21(29)11-24)22(30)27-8-6-26(7-9-27)20-14-31-15-20/h1-5,10,12,20H,6-9,11,13-15,24H2. The maximum Gasteiger partial charge on any atom is 0.324 e. The second-order valence-corrected chi connectivity index (χ2v) is 7.73. The van der Waals surface area contributed by atoms with E-state index < -0.39 is 5.82 Å². The third-order valence-electron chi connectivity index (χ3n) is 5.72. The minimum atomic E-state index is -0.415. The number of piperazine rings is 1. The Kier molecular flexibility index (Phi) is 6.55. The lowest BCUT2D eigenvalue weighted by molar-refractivity contribution is -0.0738. The summed E-state index contributed by atoms with van der Waals surface area (Å²) in [7, 11) is 0. The number of hydrogen-bond donors (Lipinski definition) is 1. The molecule has 2 aromatic rings. The Bertz CT molecular complexity index is 927. The molecule has 0 spiro atoms. The molecule has 4 rings (SSSR count). The highest BCUT2D eigenvalue weighted by Gasteiger charge is 2.32. The fraction of sp³-hybridized carbons (Fsp3) is 0.409. The number of pyridine rings is 1. The van der Waals surface area contributed by atoms with Gasteiger partial charge in [-0.1, -0.05) is 6.07 Å². The number of halogens is 1. The van der Waals surface area contributed by atoms with Crippen molar-refractivity contribution < 1.29 is 18.7 Å². The van der Waals surface area contributed by atoms with Gasteiger partial charge in [0.1, 0.15) is 5.82 Å². The Balaban J connectivity index is 1.50. The summed E-state index contributed by atoms with van der Waals surface area (Å²) in [5.74, 6) is -0.617. The van der Waals surface area contributed by atoms with Crippen molar-refractivity contribution >= 4 is 17.5 Å². The van der Waals surface area contributed by atoms with E-state index in [1.165, 1.54) is 23.2 Å². The van der Waals surface area contributed by atoms with E-state index in [4.69, 9.17) is 10.5 Å². The van der Waals surface area contributed by atoms with Crippen LogP contribution >= 0.6 is 0 Å². The highest BCUT2D eigenvalue weighted by molar-refractivity contribution is 5.97. The summed E-state index contributed by atoms with van der Waals surface area (Å²) >= 11 is 0. The SMILES string of the molecule is NCC(=O)c1ccc(CN(C(=O)N2CCN(C3COC3)CC2)c2cccc(F)c2)nc1. The molecular formula is C22H26FN5O3. The molecule has 0 aliphatic carbocycles. The summed E-state index contributed by atoms with van der Waals surface area (Å²) in [4.78, 5) is 35.1. The van der Waals surface area contributed by atoms with Crippen molar-refractivity contribution in [1.82, 2.24) is 14.8 Å². The second-order valence-electron chi connectivity index (χ2n) is 7.73. The van der Waals surface area contributed by atoms with Gasteiger partial charge in [-0.15, -0.1) is 0 Å². The van der Waals surface area contributed by atoms with Crippen molar-refractivity contribution in [3.05, 3.63) is 59.7 Å². The molecule has 9 heteroatoms. The maximum absolute atomic E-state index is 13.9. The molecule has 164 valence electrons. The second kappa shape index (κ2) is 9.51. The maximum atomic E-state index is 13.9. The number of ketones is 1. The van der Waals surface area contributed by atoms with Crippen molar-refractivity contribution in [3.63, 3.8) is 0 Å². The Morgan fingerprint density at radius 2 is 1.94 bits per heavy atom. The minimum Gasteiger partial charge on any atom is -0.378 e. The van der Waals surface area contributed by atoms with Crippen molar-refractivity contribution in [2.75, 3.05) is 50.8 Å². The highest BCUT2D eigenvalue weighted by Crippen LogP contribution is 2.22. The number of nitrogens with zero attached hydrogens (tertiary/aromatic N) is 4. The normalized spacial score (nSPS) is 17.3. The van der Waals surface area contributed by atoms with Gasteiger partial charge in [0.2, 0.25) is 0 Å². The number of carbonyl (C=O) groups excluding carboxylic acids is 2. The number of rotatable bonds is 6. The lowest BCUT2D eigenvalue weighted by atomic mass is 10.1. The Hall–Kier alpha value is -2.88. The van der Waals surface area contributed by atoms with E-state index in [0.717, 1.165) is 26.3 Å². The van der Waals surface area contributed by atoms with Crippen molar-refractivity contribution in [2.45, 2.75) is 12.6 Å². The number of ether oxygens (including phenoxy) is 1. The Labute approximate surface area is 180 Å². The van der Waals surface area contributed by atoms with Crippen LogP contribution in [-0.4, -0.2) is 78.6 Å². The van der Waals surface area contributed by atoms with Gasteiger partial charge in [-0.25, -0.2) is 9.18 Å². The number of urea groups is 1. The molecule has 1 aromatic heterocycles. The molecule has 0 atom stereocenters. The number of anilines is 1. The van der Waals surface area contributed by atoms with Gasteiger partial charge in [0, 0.05) is 43.6 Å². The summed E-state index contributed by atoms with van der Waals surface area (Å²) < 4.78 is 19.2. The predicted molar refractivity (Wildman–Crippen MR) is 113 cm³/mol. The minimum absolute atomic E-state index is 0.0894. The van der Waals surface area contributed by atoms with Gasteiger partial charge in [0.15, 0.2) is 5.78 Å². The van der Waals surface area contributed by atoms with E-state index >= 15 is 0 Å². The molecule has 2 aliphatic heterocycles. The zero-order valence-electron chi connectivity index (χ0n) is 17.2. The Morgan fingerprint density at radius 1 is 1.16 bits per heavy atom. The summed E-state index contributed by atoms with van der Waals surface area (Å²) in [6.45, 7) is 4.33. The molecule has 3 heterocycles. The van der Waals surface area contributed by atoms with Gasteiger partial charge in [-0.05, 0) is 30.3 Å². The van der Waals surface area contributed by atoms with Crippen molar-refractivity contribution in [1.29, 1.82) is 0 Å². The lowest BCUT2D eigenvalue weighted by Gasteiger charge is -2.43. The van der Waals surface area contributed by atoms with Crippen LogP contribution in [0, 0.1) is 5.82 Å². The van der Waals surface area contributed by atoms with Crippen LogP contribution in [0.4, 0.5) is 14.9 Å². The zero-order valence-corrected chi connectivity index (χ0v) is 17.2. The van der Waals surface area contributed by atoms with E-state index in [1.807, 2.05) is 0 Å². The molecule has 2 amide bonds. The van der Waals surface area contributed by atoms with Gasteiger partial charge >= 0.3 is 6.03 Å². The average Bonchev–Trinajstić information content (AvgIpc) is 2.76. The molecule has 0 bridgehead atoms. The van der Waals surface area contributed by atoms with Gasteiger partial charge in [-0.3, -0.25) is 19.6 Å². The quantitative estimate of drug-likeness (QED) is 0.703. The Morgan fingerprint density at radius 3 is 2.52 bits per heavy atom. The first-order valence-electron chi connectivity index (χ1n) is 10.4. The van der Waals surface area contributed by atoms with Crippen LogP contribution in [-0.2, 0) is 11.3 Å². The van der Waals surface area contributed by atoms with E-state index in [9.17, 15) is 14.0 Å². The molecule has 2 aliphatic rings. The molecule has 31 heavy (non-hydrogen) atoms. The van der Waals surface area contributed by atoms with Crippen LogP contribution < -0.4 is 10.6 Å². The molecule has 0 radical (unpaired) electrons. The predicted octanol–water partition coefficient (Wildman–Crippen LogP) is 1.51. The van der Waals surface area contributed by atoms with E-state index in [2.05, 4.69) is 9.88 Å². The van der Waals surface area contributed by atoms with E-state index in [-0.39, 0.29) is 24.9 Å². The average molecular weight is 427 g/mol. The van der Waals surface area contributed by atoms with Crippen LogP contribution in [0.1, 0.15) is 16.1 Å². The zero-order chi connectivity index (χ0) is 21.8. The lowest BCUT2D eigenvalue weighted by Crippen LogP contribution is -2.59. The summed E-state index contributed by atoms with van der Waals surface area (Å²) in [6, 6.07) is 9.55. The first-order chi connectivity index (χ1) is 15.0. The molecule has 2 saturated heterocycles. The monoisotopic (exact) mass is 427 g/mol. The van der Waals surface area contributed by atoms with E-state index in [0.29, 0.717) is 36.1 Å². The van der Waals surface area contributed by atoms with Crippen LogP contribution in [0.15, 0.2) is 42.6 Å². The third kappa shape index (κ3) is 4.90. The van der Waals surface area contributed by atoms with Gasteiger partial charge < -0.3 is 15.4 Å². The molecule has 2 fully saturated rings. The number of amides is 2. The van der Waals surface area contributed by atoms with Crippen LogP contribution in [0.3, 0.4) is 0 Å². The molecule has 0 saturated carbocycles. The third-order valence-corrected chi connectivity index (χ3v) is 5.72. The summed E-state index contributed by atoms with van der Waals surface area (Å²) in [6.07, 6.45) is 1.46. The number of aromatic nitrogens is 1. The number of benzene rings is 1. The number of hydrogen-bond acceptors (Lipinski definition) is 6. The fourth-order valence-corrected chi connectivity index (χ4v) is 3.76. The summed E-state index contributed by atoms with van der Waals surface area (Å²) in [5, 5.41) is 0. The number of nitrogens with two attached hydrogens (primary N) is 1. The van der Waals surface area contributed by atoms with E-state index in [1.54, 1.807) is 29.2 Å². The topological polar surface area (TPSA) is 92.0 Å². The highest BCUT2D eigenvalue weighted by atomic mass is 19.1. The molecule has 1 aromatic carbocycles. The van der Waals surface area contributed by atoms with Crippen molar-refractivity contribution in [2.24, 2.45) is 5.73 Å². The summed E-state index contributed by atoms with van der Waals surface area (Å²) in [5.41, 5.74) is 6.87. The molecule has 8 nitrogen and oxygen atoms in total. The van der Waals surface area contributed by atoms with Crippen LogP contribution in [0.2, 0.25) is 0 Å². The molecule has 0 unspecified atom stereocenters. The smallest absolute Gasteiger partial charge is 0.324 e. The molecular weight excluding hydrogens is 401 g/mol. The first-order valence-corrected chi connectivity index (χ1v) is 10.4. The van der Waals surface area contributed by atoms with Gasteiger partial charge in [0.25, 0.3) is 0 Å². The van der Waals surface area contributed by atoms with Gasteiger partial charge in [0.05, 0.1) is 38.0 Å². The van der Waals surface area contributed by atoms with Gasteiger partial charge in [-0.2, -0.15) is 0 Å². The van der Waals surface area contributed by atoms with Crippen LogP contribution in [0.5, 0.6) is 0 Å². The first kappa shape index (κ1) is 21.4.